The first-order valence-corrected chi connectivity index (χ1v) is 9.51. The lowest BCUT2D eigenvalue weighted by molar-refractivity contribution is 0.506. The van der Waals surface area contributed by atoms with Crippen LogP contribution in [0.25, 0.3) is 0 Å². The number of hydrogen-bond acceptors (Lipinski definition) is 3. The highest BCUT2D eigenvalue weighted by atomic mass is 127. The Kier molecular flexibility index (Phi) is 8.77. The minimum atomic E-state index is 0. The average Bonchev–Trinajstić information content (AvgIpc) is 3.30. The molecule has 2 heterocycles. The Bertz CT molecular complexity index is 693. The number of anilines is 1. The molecule has 0 spiro atoms. The van der Waals surface area contributed by atoms with Gasteiger partial charge in [-0.2, -0.15) is 0 Å². The Morgan fingerprint density at radius 3 is 2.92 bits per heavy atom. The highest BCUT2D eigenvalue weighted by Gasteiger charge is 2.22. The Labute approximate surface area is 180 Å². The first kappa shape index (κ1) is 21.1. The highest BCUT2D eigenvalue weighted by Crippen LogP contribution is 2.25. The topological polar surface area (TPSA) is 52.8 Å². The molecule has 5 nitrogen and oxygen atoms in total. The number of nitrogens with one attached hydrogen (secondary N) is 2. The molecule has 7 heteroatoms. The predicted octanol–water partition coefficient (Wildman–Crippen LogP) is 3.89. The second-order valence-corrected chi connectivity index (χ2v) is 7.21. The largest absolute Gasteiger partial charge is 0.469 e. The zero-order valence-electron chi connectivity index (χ0n) is 15.0. The summed E-state index contributed by atoms with van der Waals surface area (Å²) in [6.45, 7) is 3.92. The minimum Gasteiger partial charge on any atom is -0.469 e. The lowest BCUT2D eigenvalue weighted by atomic mass is 10.1. The lowest BCUT2D eigenvalue weighted by Gasteiger charge is -2.19. The molecule has 1 unspecified atom stereocenters. The molecule has 0 amide bonds. The smallest absolute Gasteiger partial charge is 0.191 e. The van der Waals surface area contributed by atoms with Gasteiger partial charge < -0.3 is 20.0 Å². The fourth-order valence-electron chi connectivity index (χ4n) is 3.13. The molecule has 0 aliphatic carbocycles. The maximum absolute atomic E-state index is 5.34. The molecule has 2 aromatic rings. The van der Waals surface area contributed by atoms with Crippen LogP contribution in [0.15, 0.2) is 56.5 Å². The van der Waals surface area contributed by atoms with Gasteiger partial charge in [-0.3, -0.25) is 4.99 Å². The van der Waals surface area contributed by atoms with E-state index < -0.39 is 0 Å². The Hall–Kier alpha value is -1.22. The van der Waals surface area contributed by atoms with Crippen LogP contribution in [0, 0.1) is 5.92 Å². The Balaban J connectivity index is 0.00000243. The predicted molar refractivity (Wildman–Crippen MR) is 122 cm³/mol. The molecule has 1 saturated heterocycles. The van der Waals surface area contributed by atoms with Crippen LogP contribution in [0.2, 0.25) is 0 Å². The number of nitrogens with zero attached hydrogens (tertiary/aromatic N) is 2. The third-order valence-electron chi connectivity index (χ3n) is 4.48. The molecule has 3 rings (SSSR count). The molecule has 0 saturated carbocycles. The van der Waals surface area contributed by atoms with Gasteiger partial charge in [0.25, 0.3) is 0 Å². The molecule has 0 radical (unpaired) electrons. The molecule has 1 aromatic carbocycles. The van der Waals surface area contributed by atoms with E-state index in [9.17, 15) is 0 Å². The van der Waals surface area contributed by atoms with Crippen molar-refractivity contribution in [3.05, 3.63) is 52.9 Å². The summed E-state index contributed by atoms with van der Waals surface area (Å²) in [5.74, 6) is 2.47. The van der Waals surface area contributed by atoms with Crippen LogP contribution >= 0.6 is 39.9 Å². The molecule has 0 bridgehead atoms. The summed E-state index contributed by atoms with van der Waals surface area (Å²) < 4.78 is 6.48. The molecule has 1 aromatic heterocycles. The summed E-state index contributed by atoms with van der Waals surface area (Å²) in [6.07, 6.45) is 3.76. The van der Waals surface area contributed by atoms with Crippen molar-refractivity contribution < 1.29 is 4.42 Å². The number of rotatable bonds is 6. The second kappa shape index (κ2) is 10.8. The van der Waals surface area contributed by atoms with E-state index in [1.807, 2.05) is 19.2 Å². The molecule has 2 N–H and O–H groups in total. The van der Waals surface area contributed by atoms with Crippen molar-refractivity contribution >= 4 is 51.6 Å². The number of furan rings is 1. The molecule has 1 atom stereocenters. The van der Waals surface area contributed by atoms with Crippen LogP contribution in [0.3, 0.4) is 0 Å². The van der Waals surface area contributed by atoms with Crippen molar-refractivity contribution in [3.63, 3.8) is 0 Å². The maximum Gasteiger partial charge on any atom is 0.191 e. The van der Waals surface area contributed by atoms with Crippen LogP contribution < -0.4 is 15.5 Å². The molecular weight excluding hydrogens is 507 g/mol. The summed E-state index contributed by atoms with van der Waals surface area (Å²) in [5, 5.41) is 6.79. The van der Waals surface area contributed by atoms with E-state index in [0.29, 0.717) is 5.92 Å². The van der Waals surface area contributed by atoms with Gasteiger partial charge in [0, 0.05) is 49.8 Å². The van der Waals surface area contributed by atoms with Crippen molar-refractivity contribution in [1.82, 2.24) is 10.6 Å². The molecular formula is C19H26BrIN4O. The number of guanidine groups is 1. The molecule has 1 aliphatic heterocycles. The summed E-state index contributed by atoms with van der Waals surface area (Å²) in [4.78, 5) is 6.75. The quantitative estimate of drug-likeness (QED) is 0.336. The monoisotopic (exact) mass is 532 g/mol. The van der Waals surface area contributed by atoms with E-state index in [0.717, 1.165) is 48.8 Å². The molecule has 26 heavy (non-hydrogen) atoms. The number of hydrogen-bond donors (Lipinski definition) is 2. The normalized spacial score (nSPS) is 17.1. The van der Waals surface area contributed by atoms with E-state index in [2.05, 4.69) is 60.7 Å². The summed E-state index contributed by atoms with van der Waals surface area (Å²) in [6, 6.07) is 12.4. The number of halogens is 2. The van der Waals surface area contributed by atoms with Crippen LogP contribution in [-0.4, -0.2) is 39.2 Å². The lowest BCUT2D eigenvalue weighted by Crippen LogP contribution is -2.41. The second-order valence-electron chi connectivity index (χ2n) is 6.29. The van der Waals surface area contributed by atoms with Crippen LogP contribution in [0.4, 0.5) is 5.69 Å². The average molecular weight is 533 g/mol. The van der Waals surface area contributed by atoms with Gasteiger partial charge >= 0.3 is 0 Å². The summed E-state index contributed by atoms with van der Waals surface area (Å²) in [5.41, 5.74) is 1.29. The van der Waals surface area contributed by atoms with Crippen LogP contribution in [-0.2, 0) is 6.42 Å². The van der Waals surface area contributed by atoms with Crippen molar-refractivity contribution in [1.29, 1.82) is 0 Å². The fourth-order valence-corrected chi connectivity index (χ4v) is 3.51. The van der Waals surface area contributed by atoms with Gasteiger partial charge in [0.2, 0.25) is 0 Å². The van der Waals surface area contributed by atoms with Crippen molar-refractivity contribution in [2.45, 2.75) is 12.8 Å². The van der Waals surface area contributed by atoms with E-state index in [1.165, 1.54) is 12.1 Å². The van der Waals surface area contributed by atoms with Gasteiger partial charge in [0.15, 0.2) is 5.96 Å². The summed E-state index contributed by atoms with van der Waals surface area (Å²) in [7, 11) is 1.81. The minimum absolute atomic E-state index is 0. The van der Waals surface area contributed by atoms with Crippen molar-refractivity contribution in [3.8, 4) is 0 Å². The Morgan fingerprint density at radius 2 is 2.19 bits per heavy atom. The van der Waals surface area contributed by atoms with Gasteiger partial charge in [-0.1, -0.05) is 22.0 Å². The standard InChI is InChI=1S/C19H25BrN4O.HI/c1-21-19(22-9-7-18-6-3-11-25-18)23-13-15-8-10-24(14-15)17-5-2-4-16(20)12-17;/h2-6,11-12,15H,7-10,13-14H2,1H3,(H2,21,22,23);1H. The van der Waals surface area contributed by atoms with Crippen molar-refractivity contribution in [2.24, 2.45) is 10.9 Å². The third kappa shape index (κ3) is 6.19. The van der Waals surface area contributed by atoms with Crippen LogP contribution in [0.1, 0.15) is 12.2 Å². The fraction of sp³-hybridized carbons (Fsp3) is 0.421. The van der Waals surface area contributed by atoms with Gasteiger partial charge in [-0.15, -0.1) is 24.0 Å². The number of aliphatic imine (C=N–C) groups is 1. The van der Waals surface area contributed by atoms with E-state index >= 15 is 0 Å². The Morgan fingerprint density at radius 1 is 1.31 bits per heavy atom. The summed E-state index contributed by atoms with van der Waals surface area (Å²) >= 11 is 3.55. The molecule has 1 fully saturated rings. The molecule has 142 valence electrons. The van der Waals surface area contributed by atoms with Gasteiger partial charge in [0.05, 0.1) is 6.26 Å². The van der Waals surface area contributed by atoms with Gasteiger partial charge in [0.1, 0.15) is 5.76 Å². The van der Waals surface area contributed by atoms with Gasteiger partial charge in [-0.05, 0) is 42.7 Å². The van der Waals surface area contributed by atoms with Gasteiger partial charge in [-0.25, -0.2) is 0 Å². The first-order chi connectivity index (χ1) is 12.2. The third-order valence-corrected chi connectivity index (χ3v) is 4.98. The first-order valence-electron chi connectivity index (χ1n) is 8.72. The molecule has 1 aliphatic rings. The highest BCUT2D eigenvalue weighted by molar-refractivity contribution is 14.0. The zero-order chi connectivity index (χ0) is 17.5. The maximum atomic E-state index is 5.34. The zero-order valence-corrected chi connectivity index (χ0v) is 18.9. The van der Waals surface area contributed by atoms with E-state index in [-0.39, 0.29) is 24.0 Å². The van der Waals surface area contributed by atoms with E-state index in [4.69, 9.17) is 4.42 Å². The van der Waals surface area contributed by atoms with Crippen LogP contribution in [0.5, 0.6) is 0 Å². The SMILES string of the molecule is CN=C(NCCc1ccco1)NCC1CCN(c2cccc(Br)c2)C1.I. The van der Waals surface area contributed by atoms with E-state index in [1.54, 1.807) is 6.26 Å². The van der Waals surface area contributed by atoms with Crippen molar-refractivity contribution in [2.75, 3.05) is 38.1 Å². The number of benzene rings is 1.